The Labute approximate surface area is 108 Å². The molecule has 0 bridgehead atoms. The highest BCUT2D eigenvalue weighted by Gasteiger charge is 2.29. The molecule has 0 radical (unpaired) electrons. The fourth-order valence-electron chi connectivity index (χ4n) is 2.61. The molecule has 1 aliphatic heterocycles. The zero-order chi connectivity index (χ0) is 13.1. The van der Waals surface area contributed by atoms with Crippen LogP contribution in [0.1, 0.15) is 23.7 Å². The first-order chi connectivity index (χ1) is 8.67. The molecule has 98 valence electrons. The minimum atomic E-state index is -0.293. The van der Waals surface area contributed by atoms with Crippen LogP contribution < -0.4 is 10.6 Å². The Kier molecular flexibility index (Phi) is 3.87. The zero-order valence-corrected chi connectivity index (χ0v) is 10.9. The summed E-state index contributed by atoms with van der Waals surface area (Å²) in [5.41, 5.74) is 7.43. The molecule has 1 heterocycles. The molecule has 0 amide bonds. The molecule has 0 spiro atoms. The number of hydrogen-bond donors (Lipinski definition) is 1. The van der Waals surface area contributed by atoms with Crippen molar-refractivity contribution in [2.45, 2.75) is 19.4 Å². The summed E-state index contributed by atoms with van der Waals surface area (Å²) < 4.78 is 4.75. The SMILES string of the molecule is COC(=O)c1cccc(N2CCC(CN)C2C)c1. The number of methoxy groups -OCH3 is 1. The van der Waals surface area contributed by atoms with E-state index in [1.54, 1.807) is 6.07 Å². The van der Waals surface area contributed by atoms with E-state index in [0.29, 0.717) is 24.1 Å². The van der Waals surface area contributed by atoms with Crippen LogP contribution in [0.4, 0.5) is 5.69 Å². The van der Waals surface area contributed by atoms with E-state index in [0.717, 1.165) is 18.7 Å². The summed E-state index contributed by atoms with van der Waals surface area (Å²) in [6, 6.07) is 8.01. The number of benzene rings is 1. The van der Waals surface area contributed by atoms with Gasteiger partial charge in [-0.25, -0.2) is 4.79 Å². The van der Waals surface area contributed by atoms with Crippen molar-refractivity contribution < 1.29 is 9.53 Å². The molecule has 4 heteroatoms. The number of anilines is 1. The predicted molar refractivity (Wildman–Crippen MR) is 71.8 cm³/mol. The van der Waals surface area contributed by atoms with Gasteiger partial charge in [-0.15, -0.1) is 0 Å². The molecule has 18 heavy (non-hydrogen) atoms. The summed E-state index contributed by atoms with van der Waals surface area (Å²) in [6.45, 7) is 3.90. The number of ether oxygens (including phenoxy) is 1. The van der Waals surface area contributed by atoms with Gasteiger partial charge in [0.1, 0.15) is 0 Å². The van der Waals surface area contributed by atoms with Gasteiger partial charge in [-0.2, -0.15) is 0 Å². The molecule has 1 aromatic rings. The second kappa shape index (κ2) is 5.40. The van der Waals surface area contributed by atoms with E-state index in [-0.39, 0.29) is 5.97 Å². The van der Waals surface area contributed by atoms with Crippen molar-refractivity contribution in [3.8, 4) is 0 Å². The van der Waals surface area contributed by atoms with Crippen LogP contribution in [0.15, 0.2) is 24.3 Å². The van der Waals surface area contributed by atoms with Crippen LogP contribution in [0.25, 0.3) is 0 Å². The lowest BCUT2D eigenvalue weighted by atomic mass is 10.0. The van der Waals surface area contributed by atoms with E-state index in [1.807, 2.05) is 18.2 Å². The van der Waals surface area contributed by atoms with Crippen LogP contribution in [-0.4, -0.2) is 32.2 Å². The maximum atomic E-state index is 11.5. The molecule has 1 saturated heterocycles. The van der Waals surface area contributed by atoms with Crippen molar-refractivity contribution in [1.82, 2.24) is 0 Å². The minimum Gasteiger partial charge on any atom is -0.465 e. The van der Waals surface area contributed by atoms with Gasteiger partial charge in [0.25, 0.3) is 0 Å². The molecule has 1 fully saturated rings. The average molecular weight is 248 g/mol. The molecule has 0 aliphatic carbocycles. The summed E-state index contributed by atoms with van der Waals surface area (Å²) >= 11 is 0. The van der Waals surface area contributed by atoms with Gasteiger partial charge in [0, 0.05) is 18.3 Å². The van der Waals surface area contributed by atoms with E-state index in [1.165, 1.54) is 7.11 Å². The fourth-order valence-corrected chi connectivity index (χ4v) is 2.61. The van der Waals surface area contributed by atoms with Crippen LogP contribution in [0.3, 0.4) is 0 Å². The van der Waals surface area contributed by atoms with Gasteiger partial charge in [0.05, 0.1) is 12.7 Å². The molecule has 2 N–H and O–H groups in total. The number of hydrogen-bond acceptors (Lipinski definition) is 4. The Bertz CT molecular complexity index is 434. The maximum absolute atomic E-state index is 11.5. The normalized spacial score (nSPS) is 23.2. The monoisotopic (exact) mass is 248 g/mol. The maximum Gasteiger partial charge on any atom is 0.337 e. The lowest BCUT2D eigenvalue weighted by Gasteiger charge is -2.26. The number of carbonyl (C=O) groups is 1. The van der Waals surface area contributed by atoms with Crippen LogP contribution in [0, 0.1) is 5.92 Å². The second-order valence-electron chi connectivity index (χ2n) is 4.76. The molecule has 2 atom stereocenters. The highest BCUT2D eigenvalue weighted by atomic mass is 16.5. The topological polar surface area (TPSA) is 55.6 Å². The third-order valence-corrected chi connectivity index (χ3v) is 3.82. The fraction of sp³-hybridized carbons (Fsp3) is 0.500. The highest BCUT2D eigenvalue weighted by Crippen LogP contribution is 2.29. The van der Waals surface area contributed by atoms with E-state index in [2.05, 4.69) is 11.8 Å². The first-order valence-electron chi connectivity index (χ1n) is 6.32. The molecule has 1 aromatic carbocycles. The molecule has 2 rings (SSSR count). The first kappa shape index (κ1) is 12.9. The van der Waals surface area contributed by atoms with Gasteiger partial charge in [-0.1, -0.05) is 6.07 Å². The van der Waals surface area contributed by atoms with Crippen molar-refractivity contribution in [2.24, 2.45) is 11.7 Å². The number of nitrogens with two attached hydrogens (primary N) is 1. The zero-order valence-electron chi connectivity index (χ0n) is 10.9. The average Bonchev–Trinajstić information content (AvgIpc) is 2.79. The Morgan fingerprint density at radius 2 is 2.33 bits per heavy atom. The van der Waals surface area contributed by atoms with Gasteiger partial charge in [-0.3, -0.25) is 0 Å². The predicted octanol–water partition coefficient (Wildman–Crippen LogP) is 1.65. The third-order valence-electron chi connectivity index (χ3n) is 3.82. The Morgan fingerprint density at radius 3 is 2.94 bits per heavy atom. The summed E-state index contributed by atoms with van der Waals surface area (Å²) in [7, 11) is 1.40. The molecule has 2 unspecified atom stereocenters. The van der Waals surface area contributed by atoms with Gasteiger partial charge >= 0.3 is 5.97 Å². The molecule has 0 saturated carbocycles. The van der Waals surface area contributed by atoms with Gasteiger partial charge in [0.15, 0.2) is 0 Å². The molecular weight excluding hydrogens is 228 g/mol. The quantitative estimate of drug-likeness (QED) is 0.826. The van der Waals surface area contributed by atoms with Crippen LogP contribution >= 0.6 is 0 Å². The number of esters is 1. The Balaban J connectivity index is 2.21. The molecule has 1 aliphatic rings. The summed E-state index contributed by atoms with van der Waals surface area (Å²) in [5.74, 6) is 0.242. The largest absolute Gasteiger partial charge is 0.465 e. The van der Waals surface area contributed by atoms with Gasteiger partial charge < -0.3 is 15.4 Å². The lowest BCUT2D eigenvalue weighted by molar-refractivity contribution is 0.0601. The molecule has 4 nitrogen and oxygen atoms in total. The smallest absolute Gasteiger partial charge is 0.337 e. The van der Waals surface area contributed by atoms with Gasteiger partial charge in [0.2, 0.25) is 0 Å². The van der Waals surface area contributed by atoms with Crippen molar-refractivity contribution >= 4 is 11.7 Å². The van der Waals surface area contributed by atoms with Crippen LogP contribution in [0.2, 0.25) is 0 Å². The van der Waals surface area contributed by atoms with Crippen molar-refractivity contribution in [1.29, 1.82) is 0 Å². The van der Waals surface area contributed by atoms with Crippen molar-refractivity contribution in [3.05, 3.63) is 29.8 Å². The highest BCUT2D eigenvalue weighted by molar-refractivity contribution is 5.90. The van der Waals surface area contributed by atoms with Gasteiger partial charge in [-0.05, 0) is 44.0 Å². The van der Waals surface area contributed by atoms with Crippen molar-refractivity contribution in [3.63, 3.8) is 0 Å². The van der Waals surface area contributed by atoms with E-state index >= 15 is 0 Å². The lowest BCUT2D eigenvalue weighted by Crippen LogP contribution is -2.32. The third kappa shape index (κ3) is 2.34. The second-order valence-corrected chi connectivity index (χ2v) is 4.76. The first-order valence-corrected chi connectivity index (χ1v) is 6.32. The number of carbonyl (C=O) groups excluding carboxylic acids is 1. The molecule has 0 aromatic heterocycles. The van der Waals surface area contributed by atoms with Crippen LogP contribution in [-0.2, 0) is 4.74 Å². The van der Waals surface area contributed by atoms with E-state index in [9.17, 15) is 4.79 Å². The summed E-state index contributed by atoms with van der Waals surface area (Å²) in [6.07, 6.45) is 1.11. The van der Waals surface area contributed by atoms with Crippen LogP contribution in [0.5, 0.6) is 0 Å². The Morgan fingerprint density at radius 1 is 1.56 bits per heavy atom. The Hall–Kier alpha value is -1.55. The molecular formula is C14H20N2O2. The van der Waals surface area contributed by atoms with E-state index < -0.39 is 0 Å². The summed E-state index contributed by atoms with van der Waals surface area (Å²) in [5, 5.41) is 0. The summed E-state index contributed by atoms with van der Waals surface area (Å²) in [4.78, 5) is 13.8. The van der Waals surface area contributed by atoms with Crippen molar-refractivity contribution in [2.75, 3.05) is 25.1 Å². The standard InChI is InChI=1S/C14H20N2O2/c1-10-12(9-15)6-7-16(10)13-5-3-4-11(8-13)14(17)18-2/h3-5,8,10,12H,6-7,9,15H2,1-2H3. The minimum absolute atomic E-state index is 0.293. The van der Waals surface area contributed by atoms with E-state index in [4.69, 9.17) is 10.5 Å². The number of nitrogens with zero attached hydrogens (tertiary/aromatic N) is 1. The number of rotatable bonds is 3.